The van der Waals surface area contributed by atoms with Gasteiger partial charge in [-0.2, -0.15) is 0 Å². The molecule has 0 bridgehead atoms. The van der Waals surface area contributed by atoms with Gasteiger partial charge in [0.25, 0.3) is 0 Å². The highest BCUT2D eigenvalue weighted by atomic mass is 32.2. The molecule has 0 saturated heterocycles. The van der Waals surface area contributed by atoms with Crippen molar-refractivity contribution < 1.29 is 8.42 Å². The molecule has 0 radical (unpaired) electrons. The van der Waals surface area contributed by atoms with Crippen LogP contribution in [-0.4, -0.2) is 33.6 Å². The molecule has 2 atom stereocenters. The molecule has 1 aromatic carbocycles. The van der Waals surface area contributed by atoms with Gasteiger partial charge in [-0.1, -0.05) is 18.2 Å². The Kier molecular flexibility index (Phi) is 5.15. The van der Waals surface area contributed by atoms with Crippen LogP contribution in [-0.2, 0) is 28.2 Å². The van der Waals surface area contributed by atoms with Gasteiger partial charge in [-0.25, -0.2) is 23.1 Å². The summed E-state index contributed by atoms with van der Waals surface area (Å²) < 4.78 is 26.3. The molecule has 0 fully saturated rings. The maximum Gasteiger partial charge on any atom is 0.218 e. The lowest BCUT2D eigenvalue weighted by Gasteiger charge is -2.04. The van der Waals surface area contributed by atoms with Crippen LogP contribution in [0.4, 0.5) is 0 Å². The van der Waals surface area contributed by atoms with Crippen LogP contribution in [0, 0.1) is 6.92 Å². The van der Waals surface area contributed by atoms with Crippen LogP contribution >= 0.6 is 0 Å². The largest absolute Gasteiger partial charge is 0.251 e. The first-order valence-electron chi connectivity index (χ1n) is 8.61. The Morgan fingerprint density at radius 2 is 1.71 bits per heavy atom. The Morgan fingerprint density at radius 1 is 1.00 bits per heavy atom. The summed E-state index contributed by atoms with van der Waals surface area (Å²) in [6, 6.07) is 11.4. The molecule has 142 valence electrons. The summed E-state index contributed by atoms with van der Waals surface area (Å²) >= 11 is 0. The molecule has 8 heteroatoms. The normalized spacial score (nSPS) is 13.5. The van der Waals surface area contributed by atoms with Crippen molar-refractivity contribution >= 4 is 32.8 Å². The molecular weight excluding hydrogens is 392 g/mol. The minimum Gasteiger partial charge on any atom is -0.251 e. The van der Waals surface area contributed by atoms with Crippen molar-refractivity contribution in [2.24, 2.45) is 0 Å². The van der Waals surface area contributed by atoms with Crippen molar-refractivity contribution in [3.8, 4) is 0 Å². The fourth-order valence-corrected chi connectivity index (χ4v) is 4.51. The summed E-state index contributed by atoms with van der Waals surface area (Å²) in [6.45, 7) is 1.98. The van der Waals surface area contributed by atoms with E-state index < -0.39 is 21.8 Å². The summed E-state index contributed by atoms with van der Waals surface area (Å²) in [7, 11) is -2.60. The third kappa shape index (κ3) is 3.65. The Bertz CT molecular complexity index is 1190. The third-order valence-corrected chi connectivity index (χ3v) is 6.32. The van der Waals surface area contributed by atoms with E-state index in [4.69, 9.17) is 0 Å². The molecule has 0 aliphatic rings. The topological polar surface area (TPSA) is 77.7 Å². The van der Waals surface area contributed by atoms with E-state index in [-0.39, 0.29) is 0 Å². The van der Waals surface area contributed by atoms with E-state index >= 15 is 0 Å². The zero-order valence-corrected chi connectivity index (χ0v) is 17.0. The quantitative estimate of drug-likeness (QED) is 0.473. The van der Waals surface area contributed by atoms with Gasteiger partial charge >= 0.3 is 0 Å². The van der Waals surface area contributed by atoms with Crippen LogP contribution in [0.2, 0.25) is 0 Å². The van der Waals surface area contributed by atoms with Gasteiger partial charge < -0.3 is 0 Å². The number of pyridine rings is 1. The lowest BCUT2D eigenvalue weighted by atomic mass is 10.1. The van der Waals surface area contributed by atoms with Gasteiger partial charge in [0.2, 0.25) is 5.16 Å². The molecule has 3 aromatic heterocycles. The van der Waals surface area contributed by atoms with E-state index in [1.165, 1.54) is 0 Å². The number of benzene rings is 1. The smallest absolute Gasteiger partial charge is 0.218 e. The molecule has 28 heavy (non-hydrogen) atoms. The highest BCUT2D eigenvalue weighted by Crippen LogP contribution is 2.25. The zero-order chi connectivity index (χ0) is 19.7. The second-order valence-corrected chi connectivity index (χ2v) is 9.07. The van der Waals surface area contributed by atoms with E-state index in [0.29, 0.717) is 22.1 Å². The van der Waals surface area contributed by atoms with Gasteiger partial charge in [0.15, 0.2) is 16.6 Å². The second kappa shape index (κ2) is 7.73. The molecule has 0 aliphatic heterocycles. The number of aromatic nitrogens is 4. The number of rotatable bonds is 5. The van der Waals surface area contributed by atoms with Gasteiger partial charge in [-0.15, -0.1) is 0 Å². The van der Waals surface area contributed by atoms with Gasteiger partial charge in [0, 0.05) is 42.9 Å². The maximum atomic E-state index is 13.1. The highest BCUT2D eigenvalue weighted by molar-refractivity contribution is 7.84. The minimum atomic E-state index is -1.39. The van der Waals surface area contributed by atoms with Crippen LogP contribution in [0.25, 0.3) is 11.0 Å². The van der Waals surface area contributed by atoms with E-state index in [0.717, 1.165) is 22.1 Å². The van der Waals surface area contributed by atoms with E-state index in [1.54, 1.807) is 28.8 Å². The molecule has 6 nitrogen and oxygen atoms in total. The zero-order valence-electron chi connectivity index (χ0n) is 15.4. The van der Waals surface area contributed by atoms with E-state index in [2.05, 4.69) is 15.0 Å². The average molecular weight is 411 g/mol. The van der Waals surface area contributed by atoms with Crippen molar-refractivity contribution in [2.45, 2.75) is 23.4 Å². The number of fused-ring (bicyclic) bond motifs is 1. The Balaban J connectivity index is 1.77. The molecule has 3 heterocycles. The summed E-state index contributed by atoms with van der Waals surface area (Å²) in [5, 5.41) is 1.27. The second-order valence-electron chi connectivity index (χ2n) is 6.43. The van der Waals surface area contributed by atoms with Crippen molar-refractivity contribution in [3.05, 3.63) is 77.9 Å². The van der Waals surface area contributed by atoms with Crippen LogP contribution < -0.4 is 0 Å². The highest BCUT2D eigenvalue weighted by Gasteiger charge is 2.16. The Hall–Kier alpha value is -2.71. The Morgan fingerprint density at radius 3 is 2.39 bits per heavy atom. The summed E-state index contributed by atoms with van der Waals surface area (Å²) in [4.78, 5) is 13.6. The van der Waals surface area contributed by atoms with Gasteiger partial charge in [-0.3, -0.25) is 4.21 Å². The fraction of sp³-hybridized carbons (Fsp3) is 0.150. The standard InChI is InChI=1S/C20H18N4O2S2/c1-14-8-18-16(9-15-11-22-20(23-12-15)27(2)25)13-24(19(18)21-10-14)28(26)17-6-4-3-5-7-17/h3-8,10-13H,9H2,1-2H3. The number of nitrogens with zero attached hydrogens (tertiary/aromatic N) is 4. The van der Waals surface area contributed by atoms with Crippen LogP contribution in [0.5, 0.6) is 0 Å². The number of aryl methyl sites for hydroxylation is 1. The Labute approximate surface area is 167 Å². The molecule has 2 unspecified atom stereocenters. The average Bonchev–Trinajstić information content (AvgIpc) is 3.06. The molecular formula is C20H18N4O2S2. The van der Waals surface area contributed by atoms with Crippen LogP contribution in [0.15, 0.2) is 71.2 Å². The molecule has 0 N–H and O–H groups in total. The molecule has 0 amide bonds. The SMILES string of the molecule is Cc1cnc2c(c1)c(Cc1cnc(S(C)=O)nc1)cn2S(=O)c1ccccc1. The first-order valence-corrected chi connectivity index (χ1v) is 11.3. The third-order valence-electron chi connectivity index (χ3n) is 4.29. The fourth-order valence-electron chi connectivity index (χ4n) is 2.97. The van der Waals surface area contributed by atoms with Crippen molar-refractivity contribution in [1.29, 1.82) is 0 Å². The van der Waals surface area contributed by atoms with Crippen molar-refractivity contribution in [3.63, 3.8) is 0 Å². The summed E-state index contributed by atoms with van der Waals surface area (Å²) in [5.74, 6) is 0. The predicted molar refractivity (Wildman–Crippen MR) is 110 cm³/mol. The number of hydrogen-bond donors (Lipinski definition) is 0. The number of hydrogen-bond acceptors (Lipinski definition) is 5. The minimum absolute atomic E-state index is 0.314. The molecule has 4 rings (SSSR count). The predicted octanol–water partition coefficient (Wildman–Crippen LogP) is 3.03. The van der Waals surface area contributed by atoms with Crippen LogP contribution in [0.3, 0.4) is 0 Å². The van der Waals surface area contributed by atoms with Gasteiger partial charge in [0.05, 0.1) is 15.7 Å². The maximum absolute atomic E-state index is 13.1. The van der Waals surface area contributed by atoms with Gasteiger partial charge in [-0.05, 0) is 41.8 Å². The lowest BCUT2D eigenvalue weighted by molar-refractivity contribution is 0.677. The monoisotopic (exact) mass is 410 g/mol. The first-order chi connectivity index (χ1) is 13.5. The lowest BCUT2D eigenvalue weighted by Crippen LogP contribution is -2.04. The molecule has 0 spiro atoms. The van der Waals surface area contributed by atoms with Crippen molar-refractivity contribution in [2.75, 3.05) is 6.26 Å². The van der Waals surface area contributed by atoms with Crippen molar-refractivity contribution in [1.82, 2.24) is 18.9 Å². The van der Waals surface area contributed by atoms with E-state index in [9.17, 15) is 8.42 Å². The van der Waals surface area contributed by atoms with Crippen LogP contribution in [0.1, 0.15) is 16.7 Å². The molecule has 0 aliphatic carbocycles. The summed E-state index contributed by atoms with van der Waals surface area (Å²) in [6.07, 6.45) is 9.15. The molecule has 0 saturated carbocycles. The van der Waals surface area contributed by atoms with Gasteiger partial charge in [0.1, 0.15) is 0 Å². The molecule has 4 aromatic rings. The summed E-state index contributed by atoms with van der Waals surface area (Å²) in [5.41, 5.74) is 3.59. The van der Waals surface area contributed by atoms with E-state index in [1.807, 2.05) is 49.5 Å². The first kappa shape index (κ1) is 18.6.